The lowest BCUT2D eigenvalue weighted by Gasteiger charge is -2.25. The Hall–Kier alpha value is -2.14. The largest absolute Gasteiger partial charge is 0.381 e. The van der Waals surface area contributed by atoms with Gasteiger partial charge < -0.3 is 15.0 Å². The first kappa shape index (κ1) is 17.3. The van der Waals surface area contributed by atoms with Gasteiger partial charge in [0.05, 0.1) is 12.1 Å². The average Bonchev–Trinajstić information content (AvgIpc) is 3.31. The molecule has 0 saturated carbocycles. The molecule has 1 aromatic heterocycles. The molecule has 3 heterocycles. The van der Waals surface area contributed by atoms with Crippen LogP contribution in [0.1, 0.15) is 25.3 Å². The van der Waals surface area contributed by atoms with Crippen molar-refractivity contribution in [3.05, 3.63) is 42.1 Å². The van der Waals surface area contributed by atoms with Gasteiger partial charge in [0.25, 0.3) is 0 Å². The molecule has 4 rings (SSSR count). The summed E-state index contributed by atoms with van der Waals surface area (Å²) >= 11 is 0. The number of ether oxygens (including phenoxy) is 1. The van der Waals surface area contributed by atoms with Gasteiger partial charge in [-0.2, -0.15) is 0 Å². The topological polar surface area (TPSA) is 49.8 Å². The van der Waals surface area contributed by atoms with Crippen LogP contribution < -0.4 is 5.32 Å². The van der Waals surface area contributed by atoms with Crippen LogP contribution in [0.15, 0.2) is 41.5 Å². The second-order valence-electron chi connectivity index (χ2n) is 7.45. The number of para-hydroxylation sites is 1. The van der Waals surface area contributed by atoms with Crippen LogP contribution in [-0.2, 0) is 11.2 Å². The van der Waals surface area contributed by atoms with Gasteiger partial charge in [-0.25, -0.2) is 0 Å². The lowest BCUT2D eigenvalue weighted by Crippen LogP contribution is -2.41. The predicted molar refractivity (Wildman–Crippen MR) is 105 cm³/mol. The number of aliphatic imine (C=N–C) groups is 1. The number of rotatable bonds is 4. The molecule has 0 radical (unpaired) electrons. The van der Waals surface area contributed by atoms with E-state index in [1.54, 1.807) is 0 Å². The van der Waals surface area contributed by atoms with Crippen LogP contribution in [0.5, 0.6) is 0 Å². The van der Waals surface area contributed by atoms with Crippen LogP contribution in [-0.4, -0.2) is 55.2 Å². The van der Waals surface area contributed by atoms with Gasteiger partial charge in [0.15, 0.2) is 5.96 Å². The summed E-state index contributed by atoms with van der Waals surface area (Å²) in [5.74, 6) is 1.05. The Bertz CT molecular complexity index is 777. The maximum atomic E-state index is 5.66. The summed E-state index contributed by atoms with van der Waals surface area (Å²) in [6.45, 7) is 7.77. The number of fused-ring (bicyclic) bond motifs is 1. The monoisotopic (exact) mass is 352 g/mol. The second kappa shape index (κ2) is 7.62. The molecule has 5 heteroatoms. The van der Waals surface area contributed by atoms with Crippen LogP contribution in [0.3, 0.4) is 0 Å². The van der Waals surface area contributed by atoms with E-state index in [1.165, 1.54) is 23.8 Å². The van der Waals surface area contributed by atoms with E-state index in [0.717, 1.165) is 57.3 Å². The molecular weight excluding hydrogens is 324 g/mol. The molecule has 138 valence electrons. The van der Waals surface area contributed by atoms with Crippen molar-refractivity contribution in [1.82, 2.24) is 15.2 Å². The molecule has 0 bridgehead atoms. The highest BCUT2D eigenvalue weighted by Crippen LogP contribution is 2.38. The van der Waals surface area contributed by atoms with Gasteiger partial charge >= 0.3 is 0 Å². The Labute approximate surface area is 155 Å². The zero-order chi connectivity index (χ0) is 17.8. The highest BCUT2D eigenvalue weighted by molar-refractivity contribution is 5.82. The molecule has 5 nitrogen and oxygen atoms in total. The van der Waals surface area contributed by atoms with Crippen molar-refractivity contribution in [2.24, 2.45) is 10.4 Å². The summed E-state index contributed by atoms with van der Waals surface area (Å²) in [5, 5.41) is 4.67. The summed E-state index contributed by atoms with van der Waals surface area (Å²) < 4.78 is 5.66. The van der Waals surface area contributed by atoms with Crippen LogP contribution in [0.25, 0.3) is 10.9 Å². The molecule has 2 fully saturated rings. The molecule has 1 aromatic carbocycles. The first-order valence-electron chi connectivity index (χ1n) is 9.73. The Morgan fingerprint density at radius 1 is 1.31 bits per heavy atom. The van der Waals surface area contributed by atoms with E-state index in [0.29, 0.717) is 5.41 Å². The fourth-order valence-electron chi connectivity index (χ4n) is 4.16. The van der Waals surface area contributed by atoms with Crippen LogP contribution in [0.4, 0.5) is 0 Å². The number of likely N-dealkylation sites (tertiary alicyclic amines) is 1. The third-order valence-corrected chi connectivity index (χ3v) is 5.62. The van der Waals surface area contributed by atoms with Gasteiger partial charge in [-0.05, 0) is 37.8 Å². The van der Waals surface area contributed by atoms with Crippen LogP contribution in [0.2, 0.25) is 0 Å². The Kier molecular flexibility index (Phi) is 5.07. The SMILES string of the molecule is CCNC(=NCCc1cccc2cccnc12)N1CCC2(CCOC2)C1. The number of aromatic nitrogens is 1. The van der Waals surface area contributed by atoms with E-state index < -0.39 is 0 Å². The minimum absolute atomic E-state index is 0.357. The smallest absolute Gasteiger partial charge is 0.193 e. The van der Waals surface area contributed by atoms with Crippen LogP contribution >= 0.6 is 0 Å². The third kappa shape index (κ3) is 3.54. The van der Waals surface area contributed by atoms with Gasteiger partial charge in [0.2, 0.25) is 0 Å². The standard InChI is InChI=1S/C21H28N4O/c1-2-22-20(25-13-9-21(15-25)10-14-26-16-21)24-12-8-18-6-3-5-17-7-4-11-23-19(17)18/h3-7,11H,2,8-10,12-16H2,1H3,(H,22,24). The Morgan fingerprint density at radius 3 is 3.08 bits per heavy atom. The van der Waals surface area contributed by atoms with Crippen molar-refractivity contribution < 1.29 is 4.74 Å². The molecule has 1 N–H and O–H groups in total. The summed E-state index contributed by atoms with van der Waals surface area (Å²) in [4.78, 5) is 11.9. The van der Waals surface area contributed by atoms with Gasteiger partial charge in [-0.15, -0.1) is 0 Å². The summed E-state index contributed by atoms with van der Waals surface area (Å²) in [5.41, 5.74) is 2.72. The molecule has 1 spiro atoms. The number of pyridine rings is 1. The Balaban J connectivity index is 1.44. The minimum Gasteiger partial charge on any atom is -0.381 e. The van der Waals surface area contributed by atoms with E-state index in [-0.39, 0.29) is 0 Å². The van der Waals surface area contributed by atoms with Gasteiger partial charge in [0.1, 0.15) is 0 Å². The molecule has 2 aliphatic rings. The number of guanidine groups is 1. The van der Waals surface area contributed by atoms with Crippen molar-refractivity contribution in [3.8, 4) is 0 Å². The summed E-state index contributed by atoms with van der Waals surface area (Å²) in [7, 11) is 0. The van der Waals surface area contributed by atoms with E-state index in [2.05, 4.69) is 46.4 Å². The lowest BCUT2D eigenvalue weighted by atomic mass is 9.87. The number of hydrogen-bond donors (Lipinski definition) is 1. The Morgan fingerprint density at radius 2 is 2.23 bits per heavy atom. The van der Waals surface area contributed by atoms with E-state index in [4.69, 9.17) is 9.73 Å². The fourth-order valence-corrected chi connectivity index (χ4v) is 4.16. The molecular formula is C21H28N4O. The molecule has 2 saturated heterocycles. The highest BCUT2D eigenvalue weighted by Gasteiger charge is 2.42. The molecule has 0 amide bonds. The molecule has 2 aliphatic heterocycles. The molecule has 26 heavy (non-hydrogen) atoms. The zero-order valence-electron chi connectivity index (χ0n) is 15.6. The van der Waals surface area contributed by atoms with Crippen LogP contribution in [0, 0.1) is 5.41 Å². The number of nitrogens with one attached hydrogen (secondary N) is 1. The van der Waals surface area contributed by atoms with Crippen molar-refractivity contribution in [2.45, 2.75) is 26.2 Å². The maximum absolute atomic E-state index is 5.66. The minimum atomic E-state index is 0.357. The second-order valence-corrected chi connectivity index (χ2v) is 7.45. The maximum Gasteiger partial charge on any atom is 0.193 e. The van der Waals surface area contributed by atoms with Gasteiger partial charge in [0, 0.05) is 49.8 Å². The molecule has 2 aromatic rings. The molecule has 0 aliphatic carbocycles. The van der Waals surface area contributed by atoms with Crippen molar-refractivity contribution in [3.63, 3.8) is 0 Å². The summed E-state index contributed by atoms with van der Waals surface area (Å²) in [6.07, 6.45) is 5.17. The van der Waals surface area contributed by atoms with E-state index >= 15 is 0 Å². The lowest BCUT2D eigenvalue weighted by molar-refractivity contribution is 0.156. The number of benzene rings is 1. The van der Waals surface area contributed by atoms with Crippen molar-refractivity contribution >= 4 is 16.9 Å². The zero-order valence-corrected chi connectivity index (χ0v) is 15.6. The molecule has 1 unspecified atom stereocenters. The van der Waals surface area contributed by atoms with Gasteiger partial charge in [-0.1, -0.05) is 24.3 Å². The quantitative estimate of drug-likeness (QED) is 0.679. The number of hydrogen-bond acceptors (Lipinski definition) is 3. The van der Waals surface area contributed by atoms with Gasteiger partial charge in [-0.3, -0.25) is 9.98 Å². The van der Waals surface area contributed by atoms with Crippen molar-refractivity contribution in [1.29, 1.82) is 0 Å². The average molecular weight is 352 g/mol. The fraction of sp³-hybridized carbons (Fsp3) is 0.524. The first-order valence-corrected chi connectivity index (χ1v) is 9.73. The third-order valence-electron chi connectivity index (χ3n) is 5.62. The van der Waals surface area contributed by atoms with E-state index in [9.17, 15) is 0 Å². The normalized spacial score (nSPS) is 23.3. The number of nitrogens with zero attached hydrogens (tertiary/aromatic N) is 3. The van der Waals surface area contributed by atoms with Crippen molar-refractivity contribution in [2.75, 3.05) is 39.4 Å². The molecule has 1 atom stereocenters. The predicted octanol–water partition coefficient (Wildman–Crippen LogP) is 2.86. The summed E-state index contributed by atoms with van der Waals surface area (Å²) in [6, 6.07) is 10.5. The van der Waals surface area contributed by atoms with E-state index in [1.807, 2.05) is 12.3 Å². The highest BCUT2D eigenvalue weighted by atomic mass is 16.5. The first-order chi connectivity index (χ1) is 12.8.